The van der Waals surface area contributed by atoms with Crippen LogP contribution < -0.4 is 0 Å². The van der Waals surface area contributed by atoms with Crippen molar-refractivity contribution in [2.45, 2.75) is 96.2 Å². The third-order valence-corrected chi connectivity index (χ3v) is 5.48. The van der Waals surface area contributed by atoms with Gasteiger partial charge in [0.15, 0.2) is 5.79 Å². The molecule has 4 nitrogen and oxygen atoms in total. The molecule has 1 spiro atoms. The first-order valence-electron chi connectivity index (χ1n) is 10.4. The Morgan fingerprint density at radius 3 is 2.44 bits per heavy atom. The second-order valence-electron chi connectivity index (χ2n) is 9.03. The number of esters is 1. The van der Waals surface area contributed by atoms with Crippen LogP contribution in [0, 0.1) is 5.92 Å². The molecule has 4 heteroatoms. The molecule has 2 atom stereocenters. The number of unbranched alkanes of at least 4 members (excludes halogenated alkanes) is 1. The zero-order chi connectivity index (χ0) is 19.5. The lowest BCUT2D eigenvalue weighted by molar-refractivity contribution is -0.321. The molecule has 0 amide bonds. The predicted octanol–water partition coefficient (Wildman–Crippen LogP) is 5.50. The number of benzene rings is 1. The molecule has 0 radical (unpaired) electrons. The molecule has 1 aromatic rings. The fourth-order valence-electron chi connectivity index (χ4n) is 4.01. The van der Waals surface area contributed by atoms with E-state index in [0.29, 0.717) is 11.5 Å². The van der Waals surface area contributed by atoms with Gasteiger partial charge in [0, 0.05) is 6.42 Å². The van der Waals surface area contributed by atoms with Crippen LogP contribution in [0.5, 0.6) is 0 Å². The third-order valence-electron chi connectivity index (χ3n) is 5.48. The van der Waals surface area contributed by atoms with E-state index in [1.165, 1.54) is 6.42 Å². The van der Waals surface area contributed by atoms with Crippen molar-refractivity contribution in [2.24, 2.45) is 5.92 Å². The van der Waals surface area contributed by atoms with Gasteiger partial charge < -0.3 is 14.2 Å². The lowest BCUT2D eigenvalue weighted by atomic mass is 9.96. The van der Waals surface area contributed by atoms with Crippen molar-refractivity contribution in [3.05, 3.63) is 35.9 Å². The highest BCUT2D eigenvalue weighted by Gasteiger charge is 2.55. The van der Waals surface area contributed by atoms with Crippen LogP contribution >= 0.6 is 0 Å². The van der Waals surface area contributed by atoms with Gasteiger partial charge in [-0.1, -0.05) is 44.9 Å². The van der Waals surface area contributed by atoms with E-state index in [-0.39, 0.29) is 23.8 Å². The Bertz CT molecular complexity index is 613. The van der Waals surface area contributed by atoms with Gasteiger partial charge in [-0.05, 0) is 57.6 Å². The first kappa shape index (κ1) is 20.3. The zero-order valence-electron chi connectivity index (χ0n) is 17.2. The summed E-state index contributed by atoms with van der Waals surface area (Å²) in [6.45, 7) is 8.42. The number of hydrogen-bond acceptors (Lipinski definition) is 4. The molecule has 2 fully saturated rings. The summed E-state index contributed by atoms with van der Waals surface area (Å²) in [6, 6.07) is 9.23. The lowest BCUT2D eigenvalue weighted by Gasteiger charge is -2.43. The molecule has 1 saturated heterocycles. The highest BCUT2D eigenvalue weighted by atomic mass is 16.7. The van der Waals surface area contributed by atoms with Crippen molar-refractivity contribution < 1.29 is 19.0 Å². The molecule has 1 aromatic carbocycles. The fourth-order valence-corrected chi connectivity index (χ4v) is 4.01. The highest BCUT2D eigenvalue weighted by molar-refractivity contribution is 5.89. The van der Waals surface area contributed by atoms with Gasteiger partial charge >= 0.3 is 5.97 Å². The predicted molar refractivity (Wildman–Crippen MR) is 106 cm³/mol. The van der Waals surface area contributed by atoms with E-state index < -0.39 is 5.79 Å². The van der Waals surface area contributed by atoms with Crippen molar-refractivity contribution in [1.29, 1.82) is 0 Å². The Balaban J connectivity index is 1.68. The minimum Gasteiger partial charge on any atom is -0.456 e. The van der Waals surface area contributed by atoms with E-state index in [9.17, 15) is 4.79 Å². The molecule has 0 aromatic heterocycles. The molecule has 27 heavy (non-hydrogen) atoms. The van der Waals surface area contributed by atoms with Crippen molar-refractivity contribution in [3.8, 4) is 0 Å². The van der Waals surface area contributed by atoms with Crippen LogP contribution in [0.25, 0.3) is 0 Å². The molecule has 3 rings (SSSR count). The van der Waals surface area contributed by atoms with Gasteiger partial charge in [0.25, 0.3) is 0 Å². The fraction of sp³-hybridized carbons (Fsp3) is 0.696. The summed E-state index contributed by atoms with van der Waals surface area (Å²) in [6.07, 6.45) is 6.84. The highest BCUT2D eigenvalue weighted by Crippen LogP contribution is 2.51. The van der Waals surface area contributed by atoms with Gasteiger partial charge in [0.1, 0.15) is 12.2 Å². The summed E-state index contributed by atoms with van der Waals surface area (Å²) in [4.78, 5) is 12.7. The van der Waals surface area contributed by atoms with Crippen LogP contribution in [0.1, 0.15) is 83.0 Å². The molecule has 150 valence electrons. The number of carbonyl (C=O) groups is 1. The van der Waals surface area contributed by atoms with E-state index in [0.717, 1.165) is 38.5 Å². The van der Waals surface area contributed by atoms with Gasteiger partial charge in [-0.2, -0.15) is 0 Å². The topological polar surface area (TPSA) is 44.8 Å². The summed E-state index contributed by atoms with van der Waals surface area (Å²) in [7, 11) is 0. The molecule has 1 aliphatic carbocycles. The van der Waals surface area contributed by atoms with Crippen molar-refractivity contribution >= 4 is 5.97 Å². The van der Waals surface area contributed by atoms with Gasteiger partial charge in [0.2, 0.25) is 0 Å². The first-order valence-corrected chi connectivity index (χ1v) is 10.4. The SMILES string of the molecule is CC(C)CCCC[C@H](OC(=O)c1ccccc1)[C@@H]1CC2(CC2)OC(C)(C)O1. The molecule has 2 aliphatic rings. The molecule has 0 bridgehead atoms. The smallest absolute Gasteiger partial charge is 0.338 e. The molecule has 1 aliphatic heterocycles. The third kappa shape index (κ3) is 5.79. The number of ether oxygens (including phenoxy) is 3. The van der Waals surface area contributed by atoms with Gasteiger partial charge in [-0.25, -0.2) is 4.79 Å². The van der Waals surface area contributed by atoms with Crippen molar-refractivity contribution in [3.63, 3.8) is 0 Å². The molecule has 1 heterocycles. The van der Waals surface area contributed by atoms with E-state index in [4.69, 9.17) is 14.2 Å². The maximum Gasteiger partial charge on any atom is 0.338 e. The van der Waals surface area contributed by atoms with Crippen LogP contribution in [0.15, 0.2) is 30.3 Å². The normalized spacial score (nSPS) is 24.0. The summed E-state index contributed by atoms with van der Waals surface area (Å²) < 4.78 is 18.3. The Hall–Kier alpha value is -1.39. The van der Waals surface area contributed by atoms with E-state index in [2.05, 4.69) is 13.8 Å². The van der Waals surface area contributed by atoms with Gasteiger partial charge in [0.05, 0.1) is 11.2 Å². The summed E-state index contributed by atoms with van der Waals surface area (Å²) in [5, 5.41) is 0. The molecule has 1 saturated carbocycles. The average Bonchev–Trinajstić information content (AvgIpc) is 3.34. The summed E-state index contributed by atoms with van der Waals surface area (Å²) in [5.74, 6) is -0.195. The largest absolute Gasteiger partial charge is 0.456 e. The minimum absolute atomic E-state index is 0.0677. The molecule has 0 unspecified atom stereocenters. The summed E-state index contributed by atoms with van der Waals surface area (Å²) >= 11 is 0. The standard InChI is InChI=1S/C23H34O4/c1-17(2)10-8-9-13-19(25-21(24)18-11-6-5-7-12-18)20-16-23(14-15-23)27-22(3,4)26-20/h5-7,11-12,17,19-20H,8-10,13-16H2,1-4H3/t19-,20-/m0/s1. The Morgan fingerprint density at radius 2 is 1.81 bits per heavy atom. The maximum atomic E-state index is 12.7. The zero-order valence-corrected chi connectivity index (χ0v) is 17.2. The van der Waals surface area contributed by atoms with Crippen LogP contribution in [-0.2, 0) is 14.2 Å². The lowest BCUT2D eigenvalue weighted by Crippen LogP contribution is -2.50. The number of carbonyl (C=O) groups excluding carboxylic acids is 1. The van der Waals surface area contributed by atoms with Crippen LogP contribution in [0.2, 0.25) is 0 Å². The second-order valence-corrected chi connectivity index (χ2v) is 9.03. The second kappa shape index (κ2) is 8.32. The number of hydrogen-bond donors (Lipinski definition) is 0. The van der Waals surface area contributed by atoms with E-state index in [1.807, 2.05) is 32.0 Å². The Labute approximate surface area is 163 Å². The monoisotopic (exact) mass is 374 g/mol. The van der Waals surface area contributed by atoms with Crippen molar-refractivity contribution in [2.75, 3.05) is 0 Å². The van der Waals surface area contributed by atoms with E-state index in [1.54, 1.807) is 12.1 Å². The molecular weight excluding hydrogens is 340 g/mol. The maximum absolute atomic E-state index is 12.7. The quantitative estimate of drug-likeness (QED) is 0.445. The van der Waals surface area contributed by atoms with Crippen molar-refractivity contribution in [1.82, 2.24) is 0 Å². The Kier molecular flexibility index (Phi) is 6.27. The average molecular weight is 375 g/mol. The molecule has 0 N–H and O–H groups in total. The Morgan fingerprint density at radius 1 is 1.15 bits per heavy atom. The van der Waals surface area contributed by atoms with Gasteiger partial charge in [-0.3, -0.25) is 0 Å². The van der Waals surface area contributed by atoms with Gasteiger partial charge in [-0.15, -0.1) is 0 Å². The minimum atomic E-state index is -0.630. The number of rotatable bonds is 8. The first-order chi connectivity index (χ1) is 12.8. The van der Waals surface area contributed by atoms with Crippen LogP contribution in [0.3, 0.4) is 0 Å². The van der Waals surface area contributed by atoms with E-state index >= 15 is 0 Å². The van der Waals surface area contributed by atoms with Crippen LogP contribution in [-0.4, -0.2) is 29.6 Å². The molecular formula is C23H34O4. The van der Waals surface area contributed by atoms with Crippen LogP contribution in [0.4, 0.5) is 0 Å². The summed E-state index contributed by atoms with van der Waals surface area (Å²) in [5.41, 5.74) is 0.527.